The largest absolute Gasteiger partial charge is 0.383 e. The Kier molecular flexibility index (Phi) is 5.62. The molecule has 0 radical (unpaired) electrons. The SMILES string of the molecule is CCCCNS(=O)(=O)c1cccc(NC(C)C)c1. The maximum Gasteiger partial charge on any atom is 0.240 e. The molecule has 1 aromatic carbocycles. The molecule has 0 bridgehead atoms. The summed E-state index contributed by atoms with van der Waals surface area (Å²) < 4.78 is 26.6. The number of nitrogens with one attached hydrogen (secondary N) is 2. The Labute approximate surface area is 110 Å². The molecule has 1 aromatic rings. The normalized spacial score (nSPS) is 11.8. The number of sulfonamides is 1. The molecule has 0 saturated heterocycles. The molecule has 2 N–H and O–H groups in total. The summed E-state index contributed by atoms with van der Waals surface area (Å²) >= 11 is 0. The summed E-state index contributed by atoms with van der Waals surface area (Å²) in [5, 5.41) is 3.19. The molecule has 1 rings (SSSR count). The summed E-state index contributed by atoms with van der Waals surface area (Å²) in [6.45, 7) is 6.55. The maximum absolute atomic E-state index is 12.0. The molecule has 0 amide bonds. The summed E-state index contributed by atoms with van der Waals surface area (Å²) in [6, 6.07) is 7.16. The smallest absolute Gasteiger partial charge is 0.240 e. The van der Waals surface area contributed by atoms with E-state index >= 15 is 0 Å². The Morgan fingerprint density at radius 2 is 2.00 bits per heavy atom. The molecular weight excluding hydrogens is 248 g/mol. The van der Waals surface area contributed by atoms with E-state index in [0.717, 1.165) is 18.5 Å². The van der Waals surface area contributed by atoms with Crippen molar-refractivity contribution in [2.45, 2.75) is 44.6 Å². The van der Waals surface area contributed by atoms with E-state index in [-0.39, 0.29) is 6.04 Å². The highest BCUT2D eigenvalue weighted by Gasteiger charge is 2.13. The van der Waals surface area contributed by atoms with Crippen LogP contribution in [0.4, 0.5) is 5.69 Å². The van der Waals surface area contributed by atoms with Crippen molar-refractivity contribution in [3.8, 4) is 0 Å². The third-order valence-corrected chi connectivity index (χ3v) is 3.88. The van der Waals surface area contributed by atoms with E-state index in [2.05, 4.69) is 10.0 Å². The van der Waals surface area contributed by atoms with Crippen molar-refractivity contribution in [2.75, 3.05) is 11.9 Å². The Bertz CT molecular complexity index is 470. The maximum atomic E-state index is 12.0. The molecule has 0 aromatic heterocycles. The van der Waals surface area contributed by atoms with E-state index in [4.69, 9.17) is 0 Å². The van der Waals surface area contributed by atoms with Crippen LogP contribution in [0.1, 0.15) is 33.6 Å². The Morgan fingerprint density at radius 1 is 1.28 bits per heavy atom. The molecular formula is C13H22N2O2S. The van der Waals surface area contributed by atoms with Crippen LogP contribution in [0, 0.1) is 0 Å². The van der Waals surface area contributed by atoms with Gasteiger partial charge in [0.1, 0.15) is 0 Å². The van der Waals surface area contributed by atoms with Gasteiger partial charge in [-0.1, -0.05) is 19.4 Å². The summed E-state index contributed by atoms with van der Waals surface area (Å²) in [5.41, 5.74) is 0.823. The van der Waals surface area contributed by atoms with Crippen LogP contribution in [0.5, 0.6) is 0 Å². The fraction of sp³-hybridized carbons (Fsp3) is 0.538. The van der Waals surface area contributed by atoms with Gasteiger partial charge in [-0.25, -0.2) is 13.1 Å². The van der Waals surface area contributed by atoms with Gasteiger partial charge in [-0.2, -0.15) is 0 Å². The zero-order chi connectivity index (χ0) is 13.6. The van der Waals surface area contributed by atoms with E-state index in [9.17, 15) is 8.42 Å². The first-order valence-corrected chi connectivity index (χ1v) is 7.80. The topological polar surface area (TPSA) is 58.2 Å². The van der Waals surface area contributed by atoms with Gasteiger partial charge in [0.2, 0.25) is 10.0 Å². The van der Waals surface area contributed by atoms with Crippen LogP contribution in [0.3, 0.4) is 0 Å². The van der Waals surface area contributed by atoms with Crippen molar-refractivity contribution in [3.05, 3.63) is 24.3 Å². The minimum absolute atomic E-state index is 0.274. The van der Waals surface area contributed by atoms with Gasteiger partial charge in [-0.05, 0) is 38.5 Å². The molecule has 0 aliphatic rings. The third kappa shape index (κ3) is 4.66. The van der Waals surface area contributed by atoms with Crippen molar-refractivity contribution in [1.29, 1.82) is 0 Å². The lowest BCUT2D eigenvalue weighted by Gasteiger charge is -2.12. The number of rotatable bonds is 7. The van der Waals surface area contributed by atoms with Crippen molar-refractivity contribution < 1.29 is 8.42 Å². The zero-order valence-electron chi connectivity index (χ0n) is 11.2. The lowest BCUT2D eigenvalue weighted by molar-refractivity contribution is 0.578. The minimum atomic E-state index is -3.38. The predicted octanol–water partition coefficient (Wildman–Crippen LogP) is 2.59. The van der Waals surface area contributed by atoms with Crippen molar-refractivity contribution in [3.63, 3.8) is 0 Å². The molecule has 0 aliphatic carbocycles. The molecule has 0 aliphatic heterocycles. The lowest BCUT2D eigenvalue weighted by atomic mass is 10.3. The number of anilines is 1. The van der Waals surface area contributed by atoms with Crippen LogP contribution in [0.2, 0.25) is 0 Å². The second kappa shape index (κ2) is 6.75. The molecule has 18 heavy (non-hydrogen) atoms. The average molecular weight is 270 g/mol. The summed E-state index contributed by atoms with van der Waals surface area (Å²) in [5.74, 6) is 0. The number of benzene rings is 1. The molecule has 0 unspecified atom stereocenters. The average Bonchev–Trinajstić information content (AvgIpc) is 2.28. The van der Waals surface area contributed by atoms with Crippen LogP contribution in [-0.4, -0.2) is 21.0 Å². The molecule has 0 spiro atoms. The van der Waals surface area contributed by atoms with Gasteiger partial charge in [-0.15, -0.1) is 0 Å². The van der Waals surface area contributed by atoms with Crippen LogP contribution in [0.25, 0.3) is 0 Å². The van der Waals surface area contributed by atoms with Crippen LogP contribution in [0.15, 0.2) is 29.2 Å². The molecule has 0 atom stereocenters. The molecule has 0 saturated carbocycles. The Morgan fingerprint density at radius 3 is 2.61 bits per heavy atom. The highest BCUT2D eigenvalue weighted by Crippen LogP contribution is 2.16. The fourth-order valence-electron chi connectivity index (χ4n) is 1.55. The number of hydrogen-bond donors (Lipinski definition) is 2. The fourth-order valence-corrected chi connectivity index (χ4v) is 2.67. The standard InChI is InChI=1S/C13H22N2O2S/c1-4-5-9-14-18(16,17)13-8-6-7-12(10-13)15-11(2)3/h6-8,10-11,14-15H,4-5,9H2,1-3H3. The highest BCUT2D eigenvalue weighted by atomic mass is 32.2. The molecule has 4 nitrogen and oxygen atoms in total. The molecule has 0 fully saturated rings. The number of unbranched alkanes of at least 4 members (excludes halogenated alkanes) is 1. The van der Waals surface area contributed by atoms with Gasteiger partial charge < -0.3 is 5.32 Å². The first-order chi connectivity index (χ1) is 8.45. The van der Waals surface area contributed by atoms with Crippen molar-refractivity contribution in [1.82, 2.24) is 4.72 Å². The Balaban J connectivity index is 2.81. The van der Waals surface area contributed by atoms with E-state index < -0.39 is 10.0 Å². The van der Waals surface area contributed by atoms with Crippen LogP contribution < -0.4 is 10.0 Å². The highest BCUT2D eigenvalue weighted by molar-refractivity contribution is 7.89. The summed E-state index contributed by atoms with van der Waals surface area (Å²) in [7, 11) is -3.38. The first-order valence-electron chi connectivity index (χ1n) is 6.32. The van der Waals surface area contributed by atoms with Gasteiger partial charge in [0.25, 0.3) is 0 Å². The first kappa shape index (κ1) is 15.0. The predicted molar refractivity (Wildman–Crippen MR) is 75.3 cm³/mol. The second-order valence-corrected chi connectivity index (χ2v) is 6.35. The lowest BCUT2D eigenvalue weighted by Crippen LogP contribution is -2.24. The molecule has 102 valence electrons. The summed E-state index contributed by atoms with van der Waals surface area (Å²) in [4.78, 5) is 0.309. The van der Waals surface area contributed by atoms with E-state index in [1.807, 2.05) is 26.8 Å². The van der Waals surface area contributed by atoms with Crippen molar-refractivity contribution in [2.24, 2.45) is 0 Å². The van der Waals surface area contributed by atoms with Gasteiger partial charge >= 0.3 is 0 Å². The second-order valence-electron chi connectivity index (χ2n) is 4.58. The van der Waals surface area contributed by atoms with Gasteiger partial charge in [0, 0.05) is 18.3 Å². The third-order valence-electron chi connectivity index (χ3n) is 2.42. The van der Waals surface area contributed by atoms with Crippen LogP contribution in [-0.2, 0) is 10.0 Å². The van der Waals surface area contributed by atoms with E-state index in [1.165, 1.54) is 0 Å². The zero-order valence-corrected chi connectivity index (χ0v) is 12.0. The molecule has 0 heterocycles. The minimum Gasteiger partial charge on any atom is -0.383 e. The number of hydrogen-bond acceptors (Lipinski definition) is 3. The van der Waals surface area contributed by atoms with Gasteiger partial charge in [-0.3, -0.25) is 0 Å². The van der Waals surface area contributed by atoms with Gasteiger partial charge in [0.15, 0.2) is 0 Å². The van der Waals surface area contributed by atoms with Crippen molar-refractivity contribution >= 4 is 15.7 Å². The Hall–Kier alpha value is -1.07. The van der Waals surface area contributed by atoms with E-state index in [0.29, 0.717) is 11.4 Å². The monoisotopic (exact) mass is 270 g/mol. The van der Waals surface area contributed by atoms with E-state index in [1.54, 1.807) is 18.2 Å². The molecule has 5 heteroatoms. The summed E-state index contributed by atoms with van der Waals surface area (Å²) in [6.07, 6.45) is 1.82. The van der Waals surface area contributed by atoms with Gasteiger partial charge in [0.05, 0.1) is 4.90 Å². The quantitative estimate of drug-likeness (QED) is 0.749. The van der Waals surface area contributed by atoms with Crippen LogP contribution >= 0.6 is 0 Å².